The van der Waals surface area contributed by atoms with Crippen molar-refractivity contribution in [1.82, 2.24) is 19.6 Å². The van der Waals surface area contributed by atoms with Crippen LogP contribution in [0.3, 0.4) is 0 Å². The van der Waals surface area contributed by atoms with Gasteiger partial charge < -0.3 is 4.90 Å². The molecule has 2 heterocycles. The molecule has 0 radical (unpaired) electrons. The molecule has 1 aliphatic rings. The fraction of sp³-hybridized carbons (Fsp3) is 0.400. The summed E-state index contributed by atoms with van der Waals surface area (Å²) in [6.07, 6.45) is 3.56. The number of benzene rings is 1. The van der Waals surface area contributed by atoms with E-state index >= 15 is 0 Å². The van der Waals surface area contributed by atoms with Crippen molar-refractivity contribution in [3.63, 3.8) is 0 Å². The van der Waals surface area contributed by atoms with E-state index in [2.05, 4.69) is 22.1 Å². The van der Waals surface area contributed by atoms with Crippen molar-refractivity contribution in [2.45, 2.75) is 20.4 Å². The summed E-state index contributed by atoms with van der Waals surface area (Å²) in [6.45, 7) is 8.14. The van der Waals surface area contributed by atoms with Crippen molar-refractivity contribution in [1.29, 1.82) is 0 Å². The summed E-state index contributed by atoms with van der Waals surface area (Å²) >= 11 is 5.93. The van der Waals surface area contributed by atoms with Gasteiger partial charge in [0, 0.05) is 62.1 Å². The first-order chi connectivity index (χ1) is 12.4. The molecule has 1 aromatic carbocycles. The van der Waals surface area contributed by atoms with Gasteiger partial charge >= 0.3 is 0 Å². The van der Waals surface area contributed by atoms with Gasteiger partial charge in [0.2, 0.25) is 5.91 Å². The molecule has 0 spiro atoms. The molecular formula is C20H25ClN4O. The van der Waals surface area contributed by atoms with Gasteiger partial charge in [0.05, 0.1) is 5.69 Å². The van der Waals surface area contributed by atoms with E-state index in [4.69, 9.17) is 11.6 Å². The molecule has 3 rings (SSSR count). The van der Waals surface area contributed by atoms with Gasteiger partial charge in [-0.2, -0.15) is 5.10 Å². The van der Waals surface area contributed by atoms with Crippen LogP contribution in [0, 0.1) is 13.8 Å². The Balaban J connectivity index is 1.53. The molecule has 1 fully saturated rings. The molecule has 1 amide bonds. The maximum Gasteiger partial charge on any atom is 0.246 e. The van der Waals surface area contributed by atoms with Crippen LogP contribution in [-0.2, 0) is 18.4 Å². The highest BCUT2D eigenvalue weighted by atomic mass is 35.5. The number of carbonyl (C=O) groups is 1. The number of amides is 1. The van der Waals surface area contributed by atoms with Gasteiger partial charge in [0.15, 0.2) is 0 Å². The van der Waals surface area contributed by atoms with E-state index in [1.165, 1.54) is 5.56 Å². The third-order valence-electron chi connectivity index (χ3n) is 4.96. The second-order valence-corrected chi connectivity index (χ2v) is 7.21. The molecule has 0 bridgehead atoms. The van der Waals surface area contributed by atoms with Crippen LogP contribution < -0.4 is 0 Å². The van der Waals surface area contributed by atoms with Crippen molar-refractivity contribution in [3.8, 4) is 0 Å². The van der Waals surface area contributed by atoms with Gasteiger partial charge in [0.25, 0.3) is 0 Å². The third-order valence-corrected chi connectivity index (χ3v) is 5.21. The minimum absolute atomic E-state index is 0.0683. The zero-order valence-electron chi connectivity index (χ0n) is 15.6. The number of hydrogen-bond donors (Lipinski definition) is 0. The number of piperazine rings is 1. The lowest BCUT2D eigenvalue weighted by Gasteiger charge is -2.34. The van der Waals surface area contributed by atoms with E-state index in [9.17, 15) is 4.79 Å². The third kappa shape index (κ3) is 4.34. The van der Waals surface area contributed by atoms with Crippen LogP contribution in [0.2, 0.25) is 5.02 Å². The van der Waals surface area contributed by atoms with E-state index < -0.39 is 0 Å². The minimum Gasteiger partial charge on any atom is -0.337 e. The SMILES string of the molecule is Cc1nn(C)c(C)c1/C=C/C(=O)N1CCN(Cc2ccc(Cl)cc2)CC1. The fourth-order valence-corrected chi connectivity index (χ4v) is 3.39. The van der Waals surface area contributed by atoms with Crippen LogP contribution in [0.25, 0.3) is 6.08 Å². The highest BCUT2D eigenvalue weighted by Gasteiger charge is 2.19. The standard InChI is InChI=1S/C20H25ClN4O/c1-15-19(16(2)23(3)22-15)8-9-20(26)25-12-10-24(11-13-25)14-17-4-6-18(21)7-5-17/h4-9H,10-14H2,1-3H3/b9-8+. The van der Waals surface area contributed by atoms with Crippen LogP contribution in [0.4, 0.5) is 0 Å². The van der Waals surface area contributed by atoms with Gasteiger partial charge in [-0.25, -0.2) is 0 Å². The molecule has 1 aromatic heterocycles. The van der Waals surface area contributed by atoms with E-state index in [0.29, 0.717) is 0 Å². The highest BCUT2D eigenvalue weighted by Crippen LogP contribution is 2.15. The zero-order chi connectivity index (χ0) is 18.7. The molecule has 1 saturated heterocycles. The van der Waals surface area contributed by atoms with Gasteiger partial charge in [0.1, 0.15) is 0 Å². The lowest BCUT2D eigenvalue weighted by Crippen LogP contribution is -2.47. The molecule has 0 N–H and O–H groups in total. The molecule has 138 valence electrons. The predicted octanol–water partition coefficient (Wildman–Crippen LogP) is 3.05. The lowest BCUT2D eigenvalue weighted by molar-refractivity contribution is -0.127. The van der Waals surface area contributed by atoms with E-state index in [-0.39, 0.29) is 5.91 Å². The summed E-state index contributed by atoms with van der Waals surface area (Å²) in [5.74, 6) is 0.0683. The highest BCUT2D eigenvalue weighted by molar-refractivity contribution is 6.30. The smallest absolute Gasteiger partial charge is 0.246 e. The molecular weight excluding hydrogens is 348 g/mol. The van der Waals surface area contributed by atoms with E-state index in [1.54, 1.807) is 6.08 Å². The van der Waals surface area contributed by atoms with Crippen molar-refractivity contribution in [3.05, 3.63) is 57.9 Å². The average molecular weight is 373 g/mol. The molecule has 0 atom stereocenters. The Labute approximate surface area is 159 Å². The van der Waals surface area contributed by atoms with Gasteiger partial charge in [-0.1, -0.05) is 23.7 Å². The average Bonchev–Trinajstić information content (AvgIpc) is 2.87. The normalized spacial score (nSPS) is 15.8. The minimum atomic E-state index is 0.0683. The van der Waals surface area contributed by atoms with Crippen molar-refractivity contribution >= 4 is 23.6 Å². The topological polar surface area (TPSA) is 41.4 Å². The number of hydrogen-bond acceptors (Lipinski definition) is 3. The Bertz CT molecular complexity index is 802. The molecule has 2 aromatic rings. The van der Waals surface area contributed by atoms with Crippen molar-refractivity contribution < 1.29 is 4.79 Å². The Hall–Kier alpha value is -2.11. The molecule has 0 saturated carbocycles. The second kappa shape index (κ2) is 8.06. The Morgan fingerprint density at radius 2 is 1.81 bits per heavy atom. The maximum absolute atomic E-state index is 12.5. The van der Waals surface area contributed by atoms with E-state index in [0.717, 1.165) is 54.7 Å². The largest absolute Gasteiger partial charge is 0.337 e. The Morgan fingerprint density at radius 3 is 2.38 bits per heavy atom. The summed E-state index contributed by atoms with van der Waals surface area (Å²) in [7, 11) is 1.92. The van der Waals surface area contributed by atoms with Crippen LogP contribution >= 0.6 is 11.6 Å². The monoisotopic (exact) mass is 372 g/mol. The van der Waals surface area contributed by atoms with Crippen molar-refractivity contribution in [2.75, 3.05) is 26.2 Å². The number of aryl methyl sites for hydroxylation is 2. The van der Waals surface area contributed by atoms with Crippen LogP contribution in [0.1, 0.15) is 22.5 Å². The first-order valence-corrected chi connectivity index (χ1v) is 9.26. The zero-order valence-corrected chi connectivity index (χ0v) is 16.3. The molecule has 5 nitrogen and oxygen atoms in total. The second-order valence-electron chi connectivity index (χ2n) is 6.77. The first kappa shape index (κ1) is 18.7. The Kier molecular flexibility index (Phi) is 5.79. The van der Waals surface area contributed by atoms with Gasteiger partial charge in [-0.3, -0.25) is 14.4 Å². The van der Waals surface area contributed by atoms with E-state index in [1.807, 2.05) is 48.7 Å². The number of aromatic nitrogens is 2. The summed E-state index contributed by atoms with van der Waals surface area (Å²) < 4.78 is 1.84. The molecule has 1 aliphatic heterocycles. The summed E-state index contributed by atoms with van der Waals surface area (Å²) in [5, 5.41) is 5.14. The summed E-state index contributed by atoms with van der Waals surface area (Å²) in [6, 6.07) is 7.95. The summed E-state index contributed by atoms with van der Waals surface area (Å²) in [4.78, 5) is 16.8. The predicted molar refractivity (Wildman–Crippen MR) is 105 cm³/mol. The van der Waals surface area contributed by atoms with Crippen molar-refractivity contribution in [2.24, 2.45) is 7.05 Å². The molecule has 0 unspecified atom stereocenters. The number of rotatable bonds is 4. The maximum atomic E-state index is 12.5. The number of nitrogens with zero attached hydrogens (tertiary/aromatic N) is 4. The van der Waals surface area contributed by atoms with Crippen LogP contribution in [0.5, 0.6) is 0 Å². The van der Waals surface area contributed by atoms with Crippen LogP contribution in [0.15, 0.2) is 30.3 Å². The van der Waals surface area contributed by atoms with Crippen LogP contribution in [-0.4, -0.2) is 51.7 Å². The fourth-order valence-electron chi connectivity index (χ4n) is 3.27. The van der Waals surface area contributed by atoms with Gasteiger partial charge in [-0.05, 0) is 37.6 Å². The number of halogens is 1. The quantitative estimate of drug-likeness (QED) is 0.774. The molecule has 6 heteroatoms. The first-order valence-electron chi connectivity index (χ1n) is 8.88. The molecule has 26 heavy (non-hydrogen) atoms. The Morgan fingerprint density at radius 1 is 1.15 bits per heavy atom. The number of carbonyl (C=O) groups excluding carboxylic acids is 1. The van der Waals surface area contributed by atoms with Gasteiger partial charge in [-0.15, -0.1) is 0 Å². The molecule has 0 aliphatic carbocycles. The lowest BCUT2D eigenvalue weighted by atomic mass is 10.1. The summed E-state index contributed by atoms with van der Waals surface area (Å²) in [5.41, 5.74) is 4.29.